The zero-order valence-electron chi connectivity index (χ0n) is 16.6. The standard InChI is InChI=1S/C19H25ClFN7O/c1-26(2)19(17-23-24-25-28(17)14-5-3-4-6-14)9-10-27(12-19)18(29)22-16-8-7-13(20)11-15(16)21/h7-8,11,14H,3-6,9-10,12H2,1-2H3,(H,22,29). The Morgan fingerprint density at radius 1 is 1.34 bits per heavy atom. The minimum Gasteiger partial charge on any atom is -0.322 e. The van der Waals surface area contributed by atoms with E-state index < -0.39 is 11.4 Å². The highest BCUT2D eigenvalue weighted by Crippen LogP contribution is 2.38. The maximum atomic E-state index is 14.1. The van der Waals surface area contributed by atoms with Crippen LogP contribution in [0.1, 0.15) is 44.0 Å². The van der Waals surface area contributed by atoms with Gasteiger partial charge in [-0.15, -0.1) is 5.10 Å². The molecule has 4 rings (SSSR count). The largest absolute Gasteiger partial charge is 0.322 e. The van der Waals surface area contributed by atoms with Crippen LogP contribution in [0.25, 0.3) is 0 Å². The molecule has 1 aromatic carbocycles. The number of anilines is 1. The SMILES string of the molecule is CN(C)C1(c2nnnn2C2CCCC2)CCN(C(=O)Nc2ccc(Cl)cc2F)C1. The van der Waals surface area contributed by atoms with Gasteiger partial charge in [0, 0.05) is 18.1 Å². The molecule has 2 fully saturated rings. The predicted octanol–water partition coefficient (Wildman–Crippen LogP) is 3.28. The molecule has 2 aromatic rings. The molecule has 1 aromatic heterocycles. The Labute approximate surface area is 174 Å². The van der Waals surface area contributed by atoms with Crippen molar-refractivity contribution in [3.63, 3.8) is 0 Å². The number of nitrogens with one attached hydrogen (secondary N) is 1. The Bertz CT molecular complexity index is 898. The van der Waals surface area contributed by atoms with E-state index in [1.807, 2.05) is 18.8 Å². The summed E-state index contributed by atoms with van der Waals surface area (Å²) in [5.41, 5.74) is -0.375. The number of amides is 2. The highest BCUT2D eigenvalue weighted by atomic mass is 35.5. The molecule has 0 spiro atoms. The fourth-order valence-electron chi connectivity index (χ4n) is 4.39. The molecule has 2 amide bonds. The molecule has 0 bridgehead atoms. The normalized spacial score (nSPS) is 22.6. The van der Waals surface area contributed by atoms with Crippen LogP contribution in [-0.2, 0) is 5.54 Å². The molecule has 1 aliphatic carbocycles. The number of hydrogen-bond acceptors (Lipinski definition) is 5. The smallest absolute Gasteiger partial charge is 0.322 e. The number of tetrazole rings is 1. The number of nitrogens with zero attached hydrogens (tertiary/aromatic N) is 6. The Morgan fingerprint density at radius 3 is 2.79 bits per heavy atom. The molecule has 1 unspecified atom stereocenters. The van der Waals surface area contributed by atoms with Gasteiger partial charge in [0.1, 0.15) is 11.4 Å². The van der Waals surface area contributed by atoms with Gasteiger partial charge in [0.25, 0.3) is 0 Å². The van der Waals surface area contributed by atoms with E-state index in [4.69, 9.17) is 11.6 Å². The number of likely N-dealkylation sites (tertiary alicyclic amines) is 1. The molecule has 1 saturated heterocycles. The fourth-order valence-corrected chi connectivity index (χ4v) is 4.55. The minimum atomic E-state index is -0.561. The lowest BCUT2D eigenvalue weighted by molar-refractivity contribution is 0.137. The van der Waals surface area contributed by atoms with Crippen molar-refractivity contribution < 1.29 is 9.18 Å². The van der Waals surface area contributed by atoms with Gasteiger partial charge in [-0.05, 0) is 62.0 Å². The number of carbonyl (C=O) groups excluding carboxylic acids is 1. The summed E-state index contributed by atoms with van der Waals surface area (Å²) in [6, 6.07) is 4.15. The number of benzene rings is 1. The third-order valence-corrected chi connectivity index (χ3v) is 6.38. The molecule has 156 valence electrons. The van der Waals surface area contributed by atoms with Crippen LogP contribution in [-0.4, -0.2) is 63.2 Å². The highest BCUT2D eigenvalue weighted by Gasteiger charge is 2.48. The van der Waals surface area contributed by atoms with Crippen molar-refractivity contribution in [2.45, 2.75) is 43.7 Å². The summed E-state index contributed by atoms with van der Waals surface area (Å²) >= 11 is 5.79. The van der Waals surface area contributed by atoms with Gasteiger partial charge < -0.3 is 10.2 Å². The second-order valence-corrected chi connectivity index (χ2v) is 8.47. The number of aromatic nitrogens is 4. The maximum Gasteiger partial charge on any atom is 0.322 e. The quantitative estimate of drug-likeness (QED) is 0.819. The van der Waals surface area contributed by atoms with Gasteiger partial charge in [-0.2, -0.15) is 0 Å². The molecule has 1 atom stereocenters. The van der Waals surface area contributed by atoms with Crippen molar-refractivity contribution in [2.24, 2.45) is 0 Å². The van der Waals surface area contributed by atoms with E-state index in [0.717, 1.165) is 18.7 Å². The number of halogens is 2. The molecule has 10 heteroatoms. The fraction of sp³-hybridized carbons (Fsp3) is 0.579. The Kier molecular flexibility index (Phi) is 5.44. The third kappa shape index (κ3) is 3.69. The summed E-state index contributed by atoms with van der Waals surface area (Å²) < 4.78 is 16.0. The third-order valence-electron chi connectivity index (χ3n) is 6.14. The first-order valence-electron chi connectivity index (χ1n) is 9.87. The van der Waals surface area contributed by atoms with Gasteiger partial charge in [0.05, 0.1) is 11.7 Å². The molecule has 2 heterocycles. The average Bonchev–Trinajstić information content (AvgIpc) is 3.43. The predicted molar refractivity (Wildman–Crippen MR) is 107 cm³/mol. The lowest BCUT2D eigenvalue weighted by atomic mass is 9.95. The van der Waals surface area contributed by atoms with Crippen molar-refractivity contribution >= 4 is 23.3 Å². The molecule has 2 aliphatic rings. The number of carbonyl (C=O) groups is 1. The summed E-state index contributed by atoms with van der Waals surface area (Å²) in [7, 11) is 3.96. The van der Waals surface area contributed by atoms with Crippen molar-refractivity contribution in [1.82, 2.24) is 30.0 Å². The molecular formula is C19H25ClFN7O. The van der Waals surface area contributed by atoms with Crippen LogP contribution in [0.3, 0.4) is 0 Å². The second-order valence-electron chi connectivity index (χ2n) is 8.04. The van der Waals surface area contributed by atoms with Crippen molar-refractivity contribution in [3.05, 3.63) is 34.9 Å². The first-order valence-corrected chi connectivity index (χ1v) is 10.3. The highest BCUT2D eigenvalue weighted by molar-refractivity contribution is 6.30. The first-order chi connectivity index (χ1) is 13.9. The number of urea groups is 1. The molecule has 1 N–H and O–H groups in total. The molecule has 29 heavy (non-hydrogen) atoms. The Balaban J connectivity index is 1.55. The zero-order valence-corrected chi connectivity index (χ0v) is 17.4. The van der Waals surface area contributed by atoms with Gasteiger partial charge in [0.15, 0.2) is 5.82 Å². The molecule has 0 radical (unpaired) electrons. The zero-order chi connectivity index (χ0) is 20.6. The van der Waals surface area contributed by atoms with Crippen LogP contribution in [0.5, 0.6) is 0 Å². The van der Waals surface area contributed by atoms with E-state index in [0.29, 0.717) is 25.6 Å². The van der Waals surface area contributed by atoms with Gasteiger partial charge >= 0.3 is 6.03 Å². The second kappa shape index (κ2) is 7.87. The average molecular weight is 422 g/mol. The van der Waals surface area contributed by atoms with Gasteiger partial charge in [-0.3, -0.25) is 4.90 Å². The lowest BCUT2D eigenvalue weighted by Gasteiger charge is -2.35. The Hall–Kier alpha value is -2.26. The number of rotatable bonds is 4. The van der Waals surface area contributed by atoms with Gasteiger partial charge in [0.2, 0.25) is 0 Å². The van der Waals surface area contributed by atoms with E-state index in [1.54, 1.807) is 11.0 Å². The summed E-state index contributed by atoms with van der Waals surface area (Å²) in [4.78, 5) is 16.6. The summed E-state index contributed by atoms with van der Waals surface area (Å²) in [6.45, 7) is 0.949. The van der Waals surface area contributed by atoms with E-state index in [1.165, 1.54) is 25.0 Å². The van der Waals surface area contributed by atoms with Gasteiger partial charge in [-0.25, -0.2) is 13.9 Å². The molecular weight excluding hydrogens is 397 g/mol. The van der Waals surface area contributed by atoms with Crippen molar-refractivity contribution in [2.75, 3.05) is 32.5 Å². The monoisotopic (exact) mass is 421 g/mol. The summed E-state index contributed by atoms with van der Waals surface area (Å²) in [5, 5.41) is 15.5. The maximum absolute atomic E-state index is 14.1. The van der Waals surface area contributed by atoms with E-state index in [2.05, 4.69) is 25.7 Å². The lowest BCUT2D eigenvalue weighted by Crippen LogP contribution is -2.47. The van der Waals surface area contributed by atoms with Crippen LogP contribution >= 0.6 is 11.6 Å². The number of hydrogen-bond donors (Lipinski definition) is 1. The van der Waals surface area contributed by atoms with E-state index in [9.17, 15) is 9.18 Å². The minimum absolute atomic E-state index is 0.109. The molecule has 1 saturated carbocycles. The Morgan fingerprint density at radius 2 is 2.10 bits per heavy atom. The first kappa shape index (κ1) is 20.0. The number of likely N-dealkylation sites (N-methyl/N-ethyl adjacent to an activating group) is 1. The van der Waals surface area contributed by atoms with Crippen LogP contribution in [0, 0.1) is 5.82 Å². The van der Waals surface area contributed by atoms with E-state index in [-0.39, 0.29) is 16.7 Å². The van der Waals surface area contributed by atoms with Gasteiger partial charge in [-0.1, -0.05) is 24.4 Å². The summed E-state index contributed by atoms with van der Waals surface area (Å²) in [5.74, 6) is 0.233. The molecule has 8 nitrogen and oxygen atoms in total. The van der Waals surface area contributed by atoms with E-state index >= 15 is 0 Å². The topological polar surface area (TPSA) is 79.2 Å². The van der Waals surface area contributed by atoms with Crippen LogP contribution < -0.4 is 5.32 Å². The van der Waals surface area contributed by atoms with Crippen molar-refractivity contribution in [3.8, 4) is 0 Å². The van der Waals surface area contributed by atoms with Crippen LogP contribution in [0.4, 0.5) is 14.9 Å². The summed E-state index contributed by atoms with van der Waals surface area (Å²) in [6.07, 6.45) is 5.20. The molecule has 1 aliphatic heterocycles. The van der Waals surface area contributed by atoms with Crippen LogP contribution in [0.2, 0.25) is 5.02 Å². The van der Waals surface area contributed by atoms with Crippen molar-refractivity contribution in [1.29, 1.82) is 0 Å². The van der Waals surface area contributed by atoms with Crippen LogP contribution in [0.15, 0.2) is 18.2 Å².